The third-order valence-electron chi connectivity index (χ3n) is 6.10. The highest BCUT2D eigenvalue weighted by molar-refractivity contribution is 9.09. The van der Waals surface area contributed by atoms with Gasteiger partial charge in [0.1, 0.15) is 23.5 Å². The second kappa shape index (κ2) is 9.22. The van der Waals surface area contributed by atoms with Gasteiger partial charge in [-0.25, -0.2) is 8.42 Å². The number of halogens is 1. The number of non-ortho nitro benzene ring substituents is 1. The maximum Gasteiger partial charge on any atom is 0.325 e. The Labute approximate surface area is 210 Å². The summed E-state index contributed by atoms with van der Waals surface area (Å²) in [5.74, 6) is -0.271. The first-order valence-electron chi connectivity index (χ1n) is 10.8. The third kappa shape index (κ3) is 4.63. The molecule has 0 aromatic heterocycles. The number of nitrogens with zero attached hydrogens (tertiary/aromatic N) is 3. The molecule has 1 saturated heterocycles. The molecule has 2 aliphatic heterocycles. The zero-order valence-electron chi connectivity index (χ0n) is 18.9. The molecule has 0 saturated carbocycles. The van der Waals surface area contributed by atoms with Crippen LogP contribution in [0, 0.1) is 21.4 Å². The number of benzene rings is 2. The Kier molecular flexibility index (Phi) is 6.61. The van der Waals surface area contributed by atoms with Gasteiger partial charge in [-0.15, -0.1) is 0 Å². The lowest BCUT2D eigenvalue weighted by molar-refractivity contribution is -0.385. The molecule has 4 rings (SSSR count). The Morgan fingerprint density at radius 3 is 2.74 bits per heavy atom. The van der Waals surface area contributed by atoms with Crippen molar-refractivity contribution in [2.45, 2.75) is 54.2 Å². The molecule has 2 aromatic carbocycles. The molecular weight excluding hydrogens is 542 g/mol. The number of hydrogen-bond acceptors (Lipinski definition) is 8. The van der Waals surface area contributed by atoms with Gasteiger partial charge in [0.05, 0.1) is 26.3 Å². The Balaban J connectivity index is 1.64. The molecule has 35 heavy (non-hydrogen) atoms. The molecule has 184 valence electrons. The number of nitriles is 1. The van der Waals surface area contributed by atoms with E-state index in [2.05, 4.69) is 22.0 Å². The number of sulfonamides is 1. The number of fused-ring (bicyclic) bond motifs is 1. The van der Waals surface area contributed by atoms with Crippen LogP contribution in [0.2, 0.25) is 0 Å². The number of ether oxygens (including phenoxy) is 2. The van der Waals surface area contributed by atoms with Crippen molar-refractivity contribution in [3.05, 3.63) is 63.7 Å². The predicted octanol–water partition coefficient (Wildman–Crippen LogP) is 3.84. The number of carbonyl (C=O) groups excluding carboxylic acids is 1. The van der Waals surface area contributed by atoms with E-state index in [1.54, 1.807) is 18.2 Å². The molecule has 0 bridgehead atoms. The average molecular weight is 564 g/mol. The van der Waals surface area contributed by atoms with Gasteiger partial charge in [-0.05, 0) is 51.0 Å². The van der Waals surface area contributed by atoms with Crippen LogP contribution in [-0.2, 0) is 19.6 Å². The van der Waals surface area contributed by atoms with Crippen LogP contribution >= 0.6 is 15.9 Å². The molecule has 2 aliphatic rings. The summed E-state index contributed by atoms with van der Waals surface area (Å²) in [5.41, 5.74) is -0.259. The lowest BCUT2D eigenvalue weighted by atomic mass is 9.90. The first-order chi connectivity index (χ1) is 16.5. The summed E-state index contributed by atoms with van der Waals surface area (Å²) in [6.07, 6.45) is -0.157. The smallest absolute Gasteiger partial charge is 0.325 e. The topological polar surface area (TPSA) is 140 Å². The minimum Gasteiger partial charge on any atom is -0.486 e. The van der Waals surface area contributed by atoms with E-state index < -0.39 is 43.5 Å². The van der Waals surface area contributed by atoms with Crippen LogP contribution in [-0.4, -0.2) is 46.6 Å². The van der Waals surface area contributed by atoms with Crippen LogP contribution in [0.3, 0.4) is 0 Å². The lowest BCUT2D eigenvalue weighted by Crippen LogP contribution is -2.48. The van der Waals surface area contributed by atoms with E-state index in [0.29, 0.717) is 23.3 Å². The third-order valence-corrected chi connectivity index (χ3v) is 9.59. The van der Waals surface area contributed by atoms with Gasteiger partial charge >= 0.3 is 5.97 Å². The molecule has 0 spiro atoms. The molecule has 12 heteroatoms. The number of rotatable bonds is 5. The summed E-state index contributed by atoms with van der Waals surface area (Å²) in [6, 6.07) is 10.5. The Hall–Kier alpha value is -3.01. The van der Waals surface area contributed by atoms with Crippen molar-refractivity contribution in [1.82, 2.24) is 4.31 Å². The van der Waals surface area contributed by atoms with Crippen molar-refractivity contribution >= 4 is 37.6 Å². The second-order valence-corrected chi connectivity index (χ2v) is 11.7. The monoisotopic (exact) mass is 563 g/mol. The fourth-order valence-corrected chi connectivity index (χ4v) is 6.45. The first kappa shape index (κ1) is 25.1. The van der Waals surface area contributed by atoms with Gasteiger partial charge in [0.15, 0.2) is 0 Å². The molecule has 0 aliphatic carbocycles. The molecule has 0 amide bonds. The molecule has 0 unspecified atom stereocenters. The summed E-state index contributed by atoms with van der Waals surface area (Å²) < 4.78 is 39.5. The van der Waals surface area contributed by atoms with Crippen molar-refractivity contribution in [3.8, 4) is 11.8 Å². The van der Waals surface area contributed by atoms with Crippen molar-refractivity contribution in [1.29, 1.82) is 5.26 Å². The van der Waals surface area contributed by atoms with E-state index in [0.717, 1.165) is 10.4 Å². The number of nitro groups is 1. The minimum atomic E-state index is -4.19. The summed E-state index contributed by atoms with van der Waals surface area (Å²) in [7, 11) is -4.19. The quantitative estimate of drug-likeness (QED) is 0.231. The fourth-order valence-electron chi connectivity index (χ4n) is 4.28. The molecule has 2 heterocycles. The molecule has 0 radical (unpaired) electrons. The molecule has 10 nitrogen and oxygen atoms in total. The van der Waals surface area contributed by atoms with E-state index in [1.165, 1.54) is 18.2 Å². The van der Waals surface area contributed by atoms with Gasteiger partial charge in [-0.1, -0.05) is 22.0 Å². The lowest BCUT2D eigenvalue weighted by Gasteiger charge is -2.42. The second-order valence-electron chi connectivity index (χ2n) is 8.86. The molecule has 3 atom stereocenters. The fraction of sp³-hybridized carbons (Fsp3) is 0.391. The van der Waals surface area contributed by atoms with Crippen molar-refractivity contribution < 1.29 is 27.6 Å². The largest absolute Gasteiger partial charge is 0.486 e. The molecule has 2 aromatic rings. The van der Waals surface area contributed by atoms with Gasteiger partial charge in [0.25, 0.3) is 5.69 Å². The summed E-state index contributed by atoms with van der Waals surface area (Å²) in [4.78, 5) is 23.0. The van der Waals surface area contributed by atoms with Crippen molar-refractivity contribution in [2.24, 2.45) is 0 Å². The SMILES string of the molecule is CC1(C)Oc2ccc(C#N)cc2[C@@H](OC(=O)[C@@H]2CCCN2S(=O)(=O)c2cccc([N+](=O)[O-])c2)[C@@H]1Br. The van der Waals surface area contributed by atoms with Gasteiger partial charge in [-0.2, -0.15) is 9.57 Å². The number of esters is 1. The van der Waals surface area contributed by atoms with Crippen molar-refractivity contribution in [3.63, 3.8) is 0 Å². The number of alkyl halides is 1. The predicted molar refractivity (Wildman–Crippen MR) is 127 cm³/mol. The Bertz CT molecular complexity index is 1340. The van der Waals surface area contributed by atoms with Gasteiger partial charge in [0.2, 0.25) is 10.0 Å². The number of hydrogen-bond donors (Lipinski definition) is 0. The zero-order chi connectivity index (χ0) is 25.5. The van der Waals surface area contributed by atoms with E-state index in [1.807, 2.05) is 13.8 Å². The first-order valence-corrected chi connectivity index (χ1v) is 13.1. The maximum absolute atomic E-state index is 13.3. The number of carbonyl (C=O) groups is 1. The normalized spacial score (nSPS) is 23.5. The number of nitro benzene ring substituents is 1. The zero-order valence-corrected chi connectivity index (χ0v) is 21.3. The van der Waals surface area contributed by atoms with Gasteiger partial charge in [0, 0.05) is 24.2 Å². The summed E-state index contributed by atoms with van der Waals surface area (Å²) in [5, 5.41) is 20.4. The Morgan fingerprint density at radius 1 is 1.31 bits per heavy atom. The van der Waals surface area contributed by atoms with E-state index in [4.69, 9.17) is 9.47 Å². The summed E-state index contributed by atoms with van der Waals surface area (Å²) >= 11 is 3.56. The molecule has 0 N–H and O–H groups in total. The van der Waals surface area contributed by atoms with Crippen LogP contribution < -0.4 is 4.74 Å². The summed E-state index contributed by atoms with van der Waals surface area (Å²) in [6.45, 7) is 3.73. The minimum absolute atomic E-state index is 0.0803. The van der Waals surface area contributed by atoms with Gasteiger partial charge in [-0.3, -0.25) is 14.9 Å². The standard InChI is InChI=1S/C23H22BrN3O7S/c1-23(2)21(24)20(17-11-14(13-25)8-9-19(17)34-23)33-22(28)18-7-4-10-26(18)35(31,32)16-6-3-5-15(12-16)27(29)30/h3,5-6,8-9,11-12,18,20-21H,4,7,10H2,1-2H3/t18-,20+,21-/m0/s1. The van der Waals surface area contributed by atoms with Crippen LogP contribution in [0.4, 0.5) is 5.69 Å². The maximum atomic E-state index is 13.3. The average Bonchev–Trinajstić information content (AvgIpc) is 3.33. The van der Waals surface area contributed by atoms with Crippen molar-refractivity contribution in [2.75, 3.05) is 6.54 Å². The highest BCUT2D eigenvalue weighted by atomic mass is 79.9. The van der Waals surface area contributed by atoms with Crippen LogP contribution in [0.5, 0.6) is 5.75 Å². The van der Waals surface area contributed by atoms with Crippen LogP contribution in [0.15, 0.2) is 47.4 Å². The molecular formula is C23H22BrN3O7S. The highest BCUT2D eigenvalue weighted by Crippen LogP contribution is 2.46. The van der Waals surface area contributed by atoms with E-state index in [-0.39, 0.29) is 23.5 Å². The highest BCUT2D eigenvalue weighted by Gasteiger charge is 2.47. The van der Waals surface area contributed by atoms with E-state index >= 15 is 0 Å². The van der Waals surface area contributed by atoms with Crippen LogP contribution in [0.25, 0.3) is 0 Å². The van der Waals surface area contributed by atoms with Crippen LogP contribution in [0.1, 0.15) is 43.9 Å². The van der Waals surface area contributed by atoms with E-state index in [9.17, 15) is 28.6 Å². The Morgan fingerprint density at radius 2 is 2.06 bits per heavy atom. The molecule has 1 fully saturated rings. The van der Waals surface area contributed by atoms with Gasteiger partial charge < -0.3 is 9.47 Å².